The number of hydrogen-bond acceptors (Lipinski definition) is 2. The maximum Gasteiger partial charge on any atom is 0.118 e. The van der Waals surface area contributed by atoms with Crippen molar-refractivity contribution < 1.29 is 4.74 Å². The number of methoxy groups -OCH3 is 1. The molecule has 2 aromatic carbocycles. The van der Waals surface area contributed by atoms with E-state index in [2.05, 4.69) is 23.7 Å². The van der Waals surface area contributed by atoms with Crippen molar-refractivity contribution in [1.29, 1.82) is 0 Å². The van der Waals surface area contributed by atoms with Gasteiger partial charge < -0.3 is 4.74 Å². The van der Waals surface area contributed by atoms with Crippen LogP contribution >= 0.6 is 11.3 Å². The molecule has 0 fully saturated rings. The molecule has 1 heterocycles. The fraction of sp³-hybridized carbons (Fsp3) is 0.0476. The van der Waals surface area contributed by atoms with Crippen LogP contribution in [0.1, 0.15) is 20.9 Å². The van der Waals surface area contributed by atoms with Crippen LogP contribution < -0.4 is 4.74 Å². The molecule has 0 amide bonds. The maximum absolute atomic E-state index is 5.14. The molecule has 0 bridgehead atoms. The minimum atomic E-state index is 0.838. The summed E-state index contributed by atoms with van der Waals surface area (Å²) in [5.74, 6) is 13.5. The molecule has 3 aromatic rings. The van der Waals surface area contributed by atoms with Crippen molar-refractivity contribution in [3.63, 3.8) is 0 Å². The SMILES string of the molecule is COc1ccc(C#Cc2ccc(C#Cc3ccccc3)s2)cc1. The van der Waals surface area contributed by atoms with Crippen LogP contribution in [0.15, 0.2) is 66.7 Å². The smallest absolute Gasteiger partial charge is 0.118 e. The van der Waals surface area contributed by atoms with E-state index in [4.69, 9.17) is 4.74 Å². The van der Waals surface area contributed by atoms with E-state index < -0.39 is 0 Å². The molecule has 0 radical (unpaired) electrons. The zero-order valence-corrected chi connectivity index (χ0v) is 13.5. The summed E-state index contributed by atoms with van der Waals surface area (Å²) in [6.07, 6.45) is 0. The molecule has 0 saturated heterocycles. The maximum atomic E-state index is 5.14. The Hall–Kier alpha value is -2.94. The third kappa shape index (κ3) is 4.27. The van der Waals surface area contributed by atoms with Gasteiger partial charge in [0.15, 0.2) is 0 Å². The van der Waals surface area contributed by atoms with Crippen LogP contribution in [0.4, 0.5) is 0 Å². The first-order chi connectivity index (χ1) is 11.3. The Kier molecular flexibility index (Phi) is 4.79. The van der Waals surface area contributed by atoms with Gasteiger partial charge in [-0.1, -0.05) is 41.9 Å². The van der Waals surface area contributed by atoms with Crippen LogP contribution in [0, 0.1) is 23.7 Å². The van der Waals surface area contributed by atoms with Gasteiger partial charge in [0.2, 0.25) is 0 Å². The Morgan fingerprint density at radius 1 is 0.652 bits per heavy atom. The highest BCUT2D eigenvalue weighted by Gasteiger charge is 1.95. The van der Waals surface area contributed by atoms with Crippen LogP contribution in [-0.4, -0.2) is 7.11 Å². The second-order valence-electron chi connectivity index (χ2n) is 4.76. The van der Waals surface area contributed by atoms with Crippen molar-refractivity contribution in [3.05, 3.63) is 87.6 Å². The largest absolute Gasteiger partial charge is 0.497 e. The highest BCUT2D eigenvalue weighted by atomic mass is 32.1. The minimum absolute atomic E-state index is 0.838. The monoisotopic (exact) mass is 314 g/mol. The molecule has 0 atom stereocenters. The van der Waals surface area contributed by atoms with E-state index in [1.165, 1.54) is 0 Å². The molecule has 0 aliphatic rings. The summed E-state index contributed by atoms with van der Waals surface area (Å²) in [5.41, 5.74) is 1.99. The Bertz CT molecular complexity index is 897. The number of thiophene rings is 1. The first-order valence-electron chi connectivity index (χ1n) is 7.16. The molecule has 110 valence electrons. The predicted octanol–water partition coefficient (Wildman–Crippen LogP) is 4.56. The van der Waals surface area contributed by atoms with Crippen LogP contribution in [0.3, 0.4) is 0 Å². The van der Waals surface area contributed by atoms with Crippen molar-refractivity contribution in [2.24, 2.45) is 0 Å². The van der Waals surface area contributed by atoms with Gasteiger partial charge in [0.05, 0.1) is 16.9 Å². The van der Waals surface area contributed by atoms with Gasteiger partial charge in [-0.3, -0.25) is 0 Å². The molecule has 1 nitrogen and oxygen atoms in total. The second kappa shape index (κ2) is 7.36. The van der Waals surface area contributed by atoms with E-state index in [9.17, 15) is 0 Å². The lowest BCUT2D eigenvalue weighted by molar-refractivity contribution is 0.415. The average Bonchev–Trinajstić information content (AvgIpc) is 3.07. The van der Waals surface area contributed by atoms with Gasteiger partial charge in [-0.05, 0) is 48.5 Å². The molecule has 3 rings (SSSR count). The number of benzene rings is 2. The average molecular weight is 314 g/mol. The van der Waals surface area contributed by atoms with E-state index in [0.29, 0.717) is 0 Å². The first-order valence-corrected chi connectivity index (χ1v) is 7.98. The van der Waals surface area contributed by atoms with Crippen LogP contribution in [0.25, 0.3) is 0 Å². The van der Waals surface area contributed by atoms with Crippen molar-refractivity contribution in [3.8, 4) is 29.4 Å². The summed E-state index contributed by atoms with van der Waals surface area (Å²) < 4.78 is 5.14. The van der Waals surface area contributed by atoms with Crippen LogP contribution in [-0.2, 0) is 0 Å². The van der Waals surface area contributed by atoms with Gasteiger partial charge >= 0.3 is 0 Å². The normalized spacial score (nSPS) is 9.26. The zero-order valence-electron chi connectivity index (χ0n) is 12.7. The molecule has 0 aliphatic carbocycles. The molecule has 0 unspecified atom stereocenters. The van der Waals surface area contributed by atoms with E-state index in [1.54, 1.807) is 18.4 Å². The van der Waals surface area contributed by atoms with Crippen molar-refractivity contribution >= 4 is 11.3 Å². The fourth-order valence-electron chi connectivity index (χ4n) is 1.94. The summed E-state index contributed by atoms with van der Waals surface area (Å²) in [6.45, 7) is 0. The van der Waals surface area contributed by atoms with E-state index in [0.717, 1.165) is 26.6 Å². The zero-order chi connectivity index (χ0) is 15.9. The Morgan fingerprint density at radius 2 is 1.22 bits per heavy atom. The van der Waals surface area contributed by atoms with Gasteiger partial charge in [-0.25, -0.2) is 0 Å². The molecule has 2 heteroatoms. The molecular formula is C21H14OS. The van der Waals surface area contributed by atoms with Gasteiger partial charge in [0.1, 0.15) is 5.75 Å². The topological polar surface area (TPSA) is 9.23 Å². The lowest BCUT2D eigenvalue weighted by Gasteiger charge is -1.97. The van der Waals surface area contributed by atoms with Crippen molar-refractivity contribution in [2.75, 3.05) is 7.11 Å². The number of hydrogen-bond donors (Lipinski definition) is 0. The first kappa shape index (κ1) is 15.0. The van der Waals surface area contributed by atoms with Crippen molar-refractivity contribution in [2.45, 2.75) is 0 Å². The number of rotatable bonds is 1. The summed E-state index contributed by atoms with van der Waals surface area (Å²) in [6, 6.07) is 21.7. The quantitative estimate of drug-likeness (QED) is 0.599. The standard InChI is InChI=1S/C21H14OS/c1-22-19-11-7-18(8-12-19)10-14-21-16-15-20(23-21)13-9-17-5-3-2-4-6-17/h2-8,11-12,15-16H,1H3. The molecule has 0 N–H and O–H groups in total. The molecular weight excluding hydrogens is 300 g/mol. The van der Waals surface area contributed by atoms with E-state index in [-0.39, 0.29) is 0 Å². The summed E-state index contributed by atoms with van der Waals surface area (Å²) in [4.78, 5) is 2.03. The molecule has 0 saturated carbocycles. The van der Waals surface area contributed by atoms with Gasteiger partial charge in [0.25, 0.3) is 0 Å². The summed E-state index contributed by atoms with van der Waals surface area (Å²) >= 11 is 1.61. The third-order valence-electron chi connectivity index (χ3n) is 3.13. The summed E-state index contributed by atoms with van der Waals surface area (Å²) in [5, 5.41) is 0. The molecule has 1 aromatic heterocycles. The third-order valence-corrected chi connectivity index (χ3v) is 4.05. The van der Waals surface area contributed by atoms with Gasteiger partial charge in [0, 0.05) is 11.1 Å². The Balaban J connectivity index is 1.73. The van der Waals surface area contributed by atoms with Crippen molar-refractivity contribution in [1.82, 2.24) is 0 Å². The molecule has 0 aliphatic heterocycles. The lowest BCUT2D eigenvalue weighted by atomic mass is 10.2. The van der Waals surface area contributed by atoms with E-state index in [1.807, 2.05) is 66.7 Å². The lowest BCUT2D eigenvalue weighted by Crippen LogP contribution is -1.81. The minimum Gasteiger partial charge on any atom is -0.497 e. The Labute approximate surface area is 140 Å². The molecule has 0 spiro atoms. The summed E-state index contributed by atoms with van der Waals surface area (Å²) in [7, 11) is 1.66. The fourth-order valence-corrected chi connectivity index (χ4v) is 2.65. The van der Waals surface area contributed by atoms with Crippen LogP contribution in [0.5, 0.6) is 5.75 Å². The number of ether oxygens (including phenoxy) is 1. The van der Waals surface area contributed by atoms with Gasteiger partial charge in [-0.15, -0.1) is 11.3 Å². The Morgan fingerprint density at radius 3 is 1.78 bits per heavy atom. The second-order valence-corrected chi connectivity index (χ2v) is 5.84. The molecule has 23 heavy (non-hydrogen) atoms. The predicted molar refractivity (Wildman–Crippen MR) is 95.7 cm³/mol. The highest BCUT2D eigenvalue weighted by Crippen LogP contribution is 2.15. The van der Waals surface area contributed by atoms with Gasteiger partial charge in [-0.2, -0.15) is 0 Å². The highest BCUT2D eigenvalue weighted by molar-refractivity contribution is 7.13. The van der Waals surface area contributed by atoms with E-state index >= 15 is 0 Å². The van der Waals surface area contributed by atoms with Crippen LogP contribution in [0.2, 0.25) is 0 Å².